The second kappa shape index (κ2) is 8.26. The van der Waals surface area contributed by atoms with E-state index in [0.29, 0.717) is 26.1 Å². The number of carbonyl (C=O) groups excluding carboxylic acids is 2. The second-order valence-corrected chi connectivity index (χ2v) is 9.48. The summed E-state index contributed by atoms with van der Waals surface area (Å²) in [7, 11) is 3.16. The van der Waals surface area contributed by atoms with Gasteiger partial charge in [0.15, 0.2) is 0 Å². The number of alkyl carbamates (subject to hydrolysis) is 1. The summed E-state index contributed by atoms with van der Waals surface area (Å²) in [6.07, 6.45) is 2.77. The zero-order valence-corrected chi connectivity index (χ0v) is 19.0. The summed E-state index contributed by atoms with van der Waals surface area (Å²) in [5.41, 5.74) is 0.654. The van der Waals surface area contributed by atoms with E-state index in [0.717, 1.165) is 12.8 Å². The zero-order valence-electron chi connectivity index (χ0n) is 19.0. The first-order valence-electron chi connectivity index (χ1n) is 11.0. The van der Waals surface area contributed by atoms with Crippen molar-refractivity contribution in [3.63, 3.8) is 0 Å². The molecule has 0 aromatic heterocycles. The summed E-state index contributed by atoms with van der Waals surface area (Å²) in [6.45, 7) is 7.64. The number of nitrogens with zero attached hydrogens (tertiary/aromatic N) is 1. The van der Waals surface area contributed by atoms with Crippen LogP contribution < -0.4 is 5.32 Å². The lowest BCUT2D eigenvalue weighted by Gasteiger charge is -2.44. The van der Waals surface area contributed by atoms with Gasteiger partial charge in [0.25, 0.3) is 0 Å². The number of amides is 2. The van der Waals surface area contributed by atoms with Crippen LogP contribution in [0.3, 0.4) is 0 Å². The van der Waals surface area contributed by atoms with Crippen LogP contribution in [0.1, 0.15) is 40.0 Å². The van der Waals surface area contributed by atoms with Crippen molar-refractivity contribution < 1.29 is 33.3 Å². The molecule has 1 spiro atoms. The normalized spacial score (nSPS) is 38.8. The first kappa shape index (κ1) is 22.4. The van der Waals surface area contributed by atoms with Crippen LogP contribution in [-0.4, -0.2) is 86.6 Å². The molecule has 2 amide bonds. The largest absolute Gasteiger partial charge is 0.443 e. The molecule has 9 heteroatoms. The fourth-order valence-electron chi connectivity index (χ4n) is 5.15. The predicted molar refractivity (Wildman–Crippen MR) is 111 cm³/mol. The van der Waals surface area contributed by atoms with E-state index in [1.807, 2.05) is 0 Å². The van der Waals surface area contributed by atoms with Crippen LogP contribution in [0.25, 0.3) is 0 Å². The minimum atomic E-state index is -0.498. The maximum absolute atomic E-state index is 12.7. The van der Waals surface area contributed by atoms with Crippen molar-refractivity contribution in [2.75, 3.05) is 33.9 Å². The van der Waals surface area contributed by atoms with Crippen molar-refractivity contribution in [1.29, 1.82) is 0 Å². The first-order chi connectivity index (χ1) is 14.7. The molecule has 0 unspecified atom stereocenters. The van der Waals surface area contributed by atoms with Crippen LogP contribution in [-0.2, 0) is 23.7 Å². The van der Waals surface area contributed by atoms with Gasteiger partial charge in [0.1, 0.15) is 29.5 Å². The summed E-state index contributed by atoms with van der Waals surface area (Å²) >= 11 is 0. The van der Waals surface area contributed by atoms with Crippen molar-refractivity contribution >= 4 is 12.2 Å². The Kier molecular flexibility index (Phi) is 5.95. The number of likely N-dealkylation sites (tertiary alicyclic amines) is 1. The lowest BCUT2D eigenvalue weighted by molar-refractivity contribution is -0.126. The number of ether oxygens (including phenoxy) is 5. The van der Waals surface area contributed by atoms with Gasteiger partial charge in [0.2, 0.25) is 0 Å². The topological polar surface area (TPSA) is 102 Å². The third-order valence-electron chi connectivity index (χ3n) is 7.07. The lowest BCUT2D eigenvalue weighted by Crippen LogP contribution is -2.59. The molecule has 1 saturated carbocycles. The van der Waals surface area contributed by atoms with Gasteiger partial charge in [-0.3, -0.25) is 0 Å². The summed E-state index contributed by atoms with van der Waals surface area (Å²) < 4.78 is 29.0. The fourth-order valence-corrected chi connectivity index (χ4v) is 5.15. The van der Waals surface area contributed by atoms with Crippen LogP contribution in [0.4, 0.5) is 9.59 Å². The minimum absolute atomic E-state index is 0.00663. The molecule has 4 aliphatic rings. The fraction of sp³-hybridized carbons (Fsp3) is 0.818. The standard InChI is InChI=1S/C22H34N2O7/c1-13(2)6-7-16-21(3,31-16)18-17(27-5)15(8-9-22(18)12-28-22)30-20(26)24-10-14(11-24)29-19(25)23-4/h6,14-18H,7-12H2,1-5H3,(H,23,25)/t15-,16-,17-,18-,21+,22+/m1/s1. The summed E-state index contributed by atoms with van der Waals surface area (Å²) in [5, 5.41) is 2.40. The van der Waals surface area contributed by atoms with E-state index in [2.05, 4.69) is 32.2 Å². The van der Waals surface area contributed by atoms with E-state index in [4.69, 9.17) is 23.7 Å². The smallest absolute Gasteiger partial charge is 0.410 e. The molecule has 0 radical (unpaired) electrons. The molecule has 0 aromatic rings. The quantitative estimate of drug-likeness (QED) is 0.501. The molecule has 1 aliphatic carbocycles. The number of hydrogen-bond donors (Lipinski definition) is 1. The Bertz CT molecular complexity index is 742. The SMILES string of the molecule is CNC(=O)OC1CN(C(=O)O[C@@H]2CC[C@]3(CO3)[C@@H]([C@@]3(C)O[C@@H]3CC=C(C)C)[C@@H]2OC)C1. The van der Waals surface area contributed by atoms with Gasteiger partial charge in [-0.05, 0) is 40.0 Å². The lowest BCUT2D eigenvalue weighted by atomic mass is 9.68. The summed E-state index contributed by atoms with van der Waals surface area (Å²) in [5.74, 6) is -0.00663. The molecule has 0 bridgehead atoms. The molecule has 174 valence electrons. The van der Waals surface area contributed by atoms with Crippen molar-refractivity contribution in [3.8, 4) is 0 Å². The third-order valence-corrected chi connectivity index (χ3v) is 7.07. The summed E-state index contributed by atoms with van der Waals surface area (Å²) in [6, 6.07) is 0. The van der Waals surface area contributed by atoms with Crippen molar-refractivity contribution in [3.05, 3.63) is 11.6 Å². The monoisotopic (exact) mass is 438 g/mol. The van der Waals surface area contributed by atoms with E-state index >= 15 is 0 Å². The van der Waals surface area contributed by atoms with Gasteiger partial charge in [-0.25, -0.2) is 9.59 Å². The van der Waals surface area contributed by atoms with Gasteiger partial charge in [-0.15, -0.1) is 0 Å². The third kappa shape index (κ3) is 4.27. The van der Waals surface area contributed by atoms with Crippen LogP contribution in [0.2, 0.25) is 0 Å². The van der Waals surface area contributed by atoms with E-state index in [9.17, 15) is 9.59 Å². The molecule has 3 heterocycles. The van der Waals surface area contributed by atoms with Gasteiger partial charge >= 0.3 is 12.2 Å². The number of carbonyl (C=O) groups is 2. The maximum atomic E-state index is 12.7. The van der Waals surface area contributed by atoms with E-state index in [1.165, 1.54) is 12.6 Å². The van der Waals surface area contributed by atoms with Crippen molar-refractivity contribution in [1.82, 2.24) is 10.2 Å². The minimum Gasteiger partial charge on any atom is -0.443 e. The maximum Gasteiger partial charge on any atom is 0.410 e. The van der Waals surface area contributed by atoms with Crippen LogP contribution >= 0.6 is 0 Å². The van der Waals surface area contributed by atoms with Crippen LogP contribution in [0.5, 0.6) is 0 Å². The molecule has 9 nitrogen and oxygen atoms in total. The van der Waals surface area contributed by atoms with E-state index in [1.54, 1.807) is 12.0 Å². The van der Waals surface area contributed by atoms with E-state index in [-0.39, 0.29) is 41.5 Å². The highest BCUT2D eigenvalue weighted by atomic mass is 16.6. The number of allylic oxidation sites excluding steroid dienone is 1. The number of methoxy groups -OCH3 is 1. The van der Waals surface area contributed by atoms with Gasteiger partial charge < -0.3 is 33.9 Å². The average molecular weight is 439 g/mol. The van der Waals surface area contributed by atoms with Crippen molar-refractivity contribution in [2.45, 2.75) is 75.7 Å². The Morgan fingerprint density at radius 3 is 2.55 bits per heavy atom. The molecular formula is C22H34N2O7. The highest BCUT2D eigenvalue weighted by Crippen LogP contribution is 2.59. The van der Waals surface area contributed by atoms with Gasteiger partial charge in [-0.2, -0.15) is 0 Å². The molecule has 3 aliphatic heterocycles. The molecule has 4 rings (SSSR count). The molecule has 31 heavy (non-hydrogen) atoms. The number of rotatable bonds is 6. The van der Waals surface area contributed by atoms with Gasteiger partial charge in [-0.1, -0.05) is 11.6 Å². The van der Waals surface area contributed by atoms with Crippen molar-refractivity contribution in [2.24, 2.45) is 5.92 Å². The Labute approximate surface area is 183 Å². The average Bonchev–Trinajstić information content (AvgIpc) is 3.61. The Hall–Kier alpha value is -1.84. The van der Waals surface area contributed by atoms with Gasteiger partial charge in [0, 0.05) is 14.2 Å². The first-order valence-corrected chi connectivity index (χ1v) is 11.0. The van der Waals surface area contributed by atoms with E-state index < -0.39 is 12.2 Å². The molecular weight excluding hydrogens is 404 g/mol. The second-order valence-electron chi connectivity index (χ2n) is 9.48. The molecule has 6 atom stereocenters. The summed E-state index contributed by atoms with van der Waals surface area (Å²) in [4.78, 5) is 25.5. The number of hydrogen-bond acceptors (Lipinski definition) is 7. The highest BCUT2D eigenvalue weighted by Gasteiger charge is 2.72. The Morgan fingerprint density at radius 1 is 1.26 bits per heavy atom. The van der Waals surface area contributed by atoms with Crippen LogP contribution in [0.15, 0.2) is 11.6 Å². The predicted octanol–water partition coefficient (Wildman–Crippen LogP) is 2.24. The Morgan fingerprint density at radius 2 is 1.97 bits per heavy atom. The number of epoxide rings is 2. The van der Waals surface area contributed by atoms with Gasteiger partial charge in [0.05, 0.1) is 31.7 Å². The molecule has 3 saturated heterocycles. The number of nitrogens with one attached hydrogen (secondary N) is 1. The zero-order chi connectivity index (χ0) is 22.4. The highest BCUT2D eigenvalue weighted by molar-refractivity contribution is 5.70. The molecule has 1 N–H and O–H groups in total. The van der Waals surface area contributed by atoms with Crippen LogP contribution in [0, 0.1) is 5.92 Å². The molecule has 4 fully saturated rings. The Balaban J connectivity index is 1.38. The molecule has 0 aromatic carbocycles.